The maximum Gasteiger partial charge on any atom is 0.265 e. The van der Waals surface area contributed by atoms with E-state index in [1.165, 1.54) is 11.3 Å². The van der Waals surface area contributed by atoms with E-state index >= 15 is 0 Å². The van der Waals surface area contributed by atoms with Crippen LogP contribution in [0.15, 0.2) is 11.4 Å². The van der Waals surface area contributed by atoms with Crippen LogP contribution in [0.2, 0.25) is 0 Å². The Morgan fingerprint density at radius 3 is 3.05 bits per heavy atom. The molecule has 4 nitrogen and oxygen atoms in total. The lowest BCUT2D eigenvalue weighted by atomic mass is 10.1. The van der Waals surface area contributed by atoms with Gasteiger partial charge in [-0.1, -0.05) is 18.8 Å². The Morgan fingerprint density at radius 2 is 2.33 bits per heavy atom. The van der Waals surface area contributed by atoms with E-state index in [-0.39, 0.29) is 12.5 Å². The minimum Gasteiger partial charge on any atom is -0.395 e. The summed E-state index contributed by atoms with van der Waals surface area (Å²) in [4.78, 5) is 17.7. The summed E-state index contributed by atoms with van der Waals surface area (Å²) in [6.45, 7) is 4.69. The number of piperazine rings is 1. The number of aliphatic hydroxyl groups excluding tert-OH is 1. The maximum atomic E-state index is 12.7. The predicted molar refractivity (Wildman–Crippen MR) is 85.5 cm³/mol. The van der Waals surface area contributed by atoms with Gasteiger partial charge in [-0.25, -0.2) is 0 Å². The SMILES string of the molecule is CCC1CN(C(=O)c2sccc2C#CCCO)CCN1C. The zero-order valence-electron chi connectivity index (χ0n) is 12.6. The van der Waals surface area contributed by atoms with Crippen molar-refractivity contribution in [2.75, 3.05) is 33.3 Å². The third-order valence-electron chi connectivity index (χ3n) is 3.85. The van der Waals surface area contributed by atoms with Crippen LogP contribution in [0.1, 0.15) is 35.0 Å². The van der Waals surface area contributed by atoms with Gasteiger partial charge in [0.2, 0.25) is 0 Å². The highest BCUT2D eigenvalue weighted by molar-refractivity contribution is 7.12. The van der Waals surface area contributed by atoms with Crippen molar-refractivity contribution in [3.63, 3.8) is 0 Å². The summed E-state index contributed by atoms with van der Waals surface area (Å²) >= 11 is 1.45. The van der Waals surface area contributed by atoms with E-state index in [2.05, 4.69) is 30.7 Å². The number of hydrogen-bond donors (Lipinski definition) is 1. The molecule has 1 amide bonds. The van der Waals surface area contributed by atoms with Gasteiger partial charge in [0.05, 0.1) is 6.61 Å². The van der Waals surface area contributed by atoms with Gasteiger partial charge >= 0.3 is 0 Å². The monoisotopic (exact) mass is 306 g/mol. The fourth-order valence-electron chi connectivity index (χ4n) is 2.50. The number of carbonyl (C=O) groups is 1. The molecule has 0 bridgehead atoms. The van der Waals surface area contributed by atoms with Gasteiger partial charge in [-0.15, -0.1) is 11.3 Å². The zero-order valence-corrected chi connectivity index (χ0v) is 13.4. The number of likely N-dealkylation sites (N-methyl/N-ethyl adjacent to an activating group) is 1. The molecule has 0 saturated carbocycles. The van der Waals surface area contributed by atoms with Gasteiger partial charge in [0.25, 0.3) is 5.91 Å². The Morgan fingerprint density at radius 1 is 1.52 bits per heavy atom. The fraction of sp³-hybridized carbons (Fsp3) is 0.562. The van der Waals surface area contributed by atoms with Gasteiger partial charge in [0.1, 0.15) is 4.88 Å². The second-order valence-corrected chi connectivity index (χ2v) is 6.15. The Balaban J connectivity index is 2.11. The van der Waals surface area contributed by atoms with Crippen molar-refractivity contribution in [1.29, 1.82) is 0 Å². The van der Waals surface area contributed by atoms with Crippen LogP contribution in [0.3, 0.4) is 0 Å². The van der Waals surface area contributed by atoms with Crippen LogP contribution in [0.5, 0.6) is 0 Å². The van der Waals surface area contributed by atoms with E-state index in [0.29, 0.717) is 12.5 Å². The molecule has 5 heteroatoms. The van der Waals surface area contributed by atoms with Crippen molar-refractivity contribution in [3.8, 4) is 11.8 Å². The summed E-state index contributed by atoms with van der Waals surface area (Å²) in [6, 6.07) is 2.32. The maximum absolute atomic E-state index is 12.7. The van der Waals surface area contributed by atoms with Crippen molar-refractivity contribution in [1.82, 2.24) is 9.80 Å². The first-order valence-corrected chi connectivity index (χ1v) is 8.22. The first-order valence-electron chi connectivity index (χ1n) is 7.34. The Bertz CT molecular complexity index is 544. The van der Waals surface area contributed by atoms with Crippen LogP contribution in [0.25, 0.3) is 0 Å². The van der Waals surface area contributed by atoms with Gasteiger partial charge in [-0.3, -0.25) is 9.69 Å². The molecule has 1 unspecified atom stereocenters. The zero-order chi connectivity index (χ0) is 15.2. The topological polar surface area (TPSA) is 43.8 Å². The first-order chi connectivity index (χ1) is 10.2. The van der Waals surface area contributed by atoms with Crippen LogP contribution in [0.4, 0.5) is 0 Å². The van der Waals surface area contributed by atoms with E-state index in [0.717, 1.165) is 36.5 Å². The van der Waals surface area contributed by atoms with E-state index in [9.17, 15) is 4.79 Å². The molecule has 21 heavy (non-hydrogen) atoms. The van der Waals surface area contributed by atoms with Gasteiger partial charge < -0.3 is 10.0 Å². The number of thiophene rings is 1. The highest BCUT2D eigenvalue weighted by atomic mass is 32.1. The Kier molecular flexibility index (Phi) is 5.80. The number of aliphatic hydroxyl groups is 1. The summed E-state index contributed by atoms with van der Waals surface area (Å²) < 4.78 is 0. The quantitative estimate of drug-likeness (QED) is 0.864. The summed E-state index contributed by atoms with van der Waals surface area (Å²) in [7, 11) is 2.12. The average Bonchev–Trinajstić information content (AvgIpc) is 2.96. The first kappa shape index (κ1) is 16.0. The summed E-state index contributed by atoms with van der Waals surface area (Å²) in [5.41, 5.74) is 0.783. The lowest BCUT2D eigenvalue weighted by Gasteiger charge is -2.39. The molecule has 0 aromatic carbocycles. The largest absolute Gasteiger partial charge is 0.395 e. The molecule has 1 aromatic heterocycles. The fourth-order valence-corrected chi connectivity index (χ4v) is 3.32. The number of nitrogens with zero attached hydrogens (tertiary/aromatic N) is 2. The minimum atomic E-state index is 0.0526. The van der Waals surface area contributed by atoms with E-state index < -0.39 is 0 Å². The van der Waals surface area contributed by atoms with Gasteiger partial charge in [-0.05, 0) is 24.9 Å². The van der Waals surface area contributed by atoms with E-state index in [1.54, 1.807) is 0 Å². The smallest absolute Gasteiger partial charge is 0.265 e. The van der Waals surface area contributed by atoms with Crippen LogP contribution >= 0.6 is 11.3 Å². The van der Waals surface area contributed by atoms with Crippen molar-refractivity contribution in [3.05, 3.63) is 21.9 Å². The Hall–Kier alpha value is -1.35. The third kappa shape index (κ3) is 3.85. The molecule has 1 atom stereocenters. The molecule has 114 valence electrons. The highest BCUT2D eigenvalue weighted by Crippen LogP contribution is 2.20. The highest BCUT2D eigenvalue weighted by Gasteiger charge is 2.28. The van der Waals surface area contributed by atoms with Crippen LogP contribution in [0, 0.1) is 11.8 Å². The predicted octanol–water partition coefficient (Wildman–Crippen LogP) is 1.65. The minimum absolute atomic E-state index is 0.0526. The van der Waals surface area contributed by atoms with Crippen molar-refractivity contribution in [2.45, 2.75) is 25.8 Å². The van der Waals surface area contributed by atoms with Crippen LogP contribution < -0.4 is 0 Å². The molecular formula is C16H22N2O2S. The average molecular weight is 306 g/mol. The summed E-state index contributed by atoms with van der Waals surface area (Å²) in [6.07, 6.45) is 1.49. The second-order valence-electron chi connectivity index (χ2n) is 5.23. The number of hydrogen-bond acceptors (Lipinski definition) is 4. The van der Waals surface area contributed by atoms with Crippen molar-refractivity contribution in [2.24, 2.45) is 0 Å². The van der Waals surface area contributed by atoms with E-state index in [4.69, 9.17) is 5.11 Å². The molecular weight excluding hydrogens is 284 g/mol. The van der Waals surface area contributed by atoms with Crippen LogP contribution in [-0.2, 0) is 0 Å². The van der Waals surface area contributed by atoms with Gasteiger partial charge in [0, 0.05) is 37.7 Å². The molecule has 2 rings (SSSR count). The molecule has 2 heterocycles. The molecule has 1 fully saturated rings. The number of rotatable bonds is 3. The summed E-state index contributed by atoms with van der Waals surface area (Å²) in [5, 5.41) is 10.7. The molecule has 1 saturated heterocycles. The Labute approximate surface area is 130 Å². The second kappa shape index (κ2) is 7.60. The number of amides is 1. The van der Waals surface area contributed by atoms with Crippen molar-refractivity contribution >= 4 is 17.2 Å². The third-order valence-corrected chi connectivity index (χ3v) is 4.76. The molecule has 0 radical (unpaired) electrons. The number of carbonyl (C=O) groups excluding carboxylic acids is 1. The molecule has 1 aromatic rings. The molecule has 1 aliphatic rings. The summed E-state index contributed by atoms with van der Waals surface area (Å²) in [5.74, 6) is 5.97. The standard InChI is InChI=1S/C16H22N2O2S/c1-3-14-12-18(9-8-17(14)2)16(20)15-13(7-11-21-15)6-4-5-10-19/h7,11,14,19H,3,5,8-10,12H2,1-2H3. The van der Waals surface area contributed by atoms with Gasteiger partial charge in [0.15, 0.2) is 0 Å². The van der Waals surface area contributed by atoms with Crippen molar-refractivity contribution < 1.29 is 9.90 Å². The lowest BCUT2D eigenvalue weighted by Crippen LogP contribution is -2.52. The molecule has 0 spiro atoms. The van der Waals surface area contributed by atoms with Gasteiger partial charge in [-0.2, -0.15) is 0 Å². The molecule has 1 aliphatic heterocycles. The van der Waals surface area contributed by atoms with E-state index in [1.807, 2.05) is 16.3 Å². The molecule has 1 N–H and O–H groups in total. The lowest BCUT2D eigenvalue weighted by molar-refractivity contribution is 0.0546. The normalized spacial score (nSPS) is 19.2. The van der Waals surface area contributed by atoms with Crippen LogP contribution in [-0.4, -0.2) is 60.1 Å². The molecule has 0 aliphatic carbocycles.